The van der Waals surface area contributed by atoms with Crippen LogP contribution in [0.5, 0.6) is 0 Å². The fourth-order valence-corrected chi connectivity index (χ4v) is 2.17. The lowest BCUT2D eigenvalue weighted by molar-refractivity contribution is 0.00578. The van der Waals surface area contributed by atoms with Crippen LogP contribution >= 0.6 is 0 Å². The molecule has 0 spiro atoms. The highest BCUT2D eigenvalue weighted by Gasteiger charge is 2.51. The van der Waals surface area contributed by atoms with Crippen molar-refractivity contribution >= 4 is 23.6 Å². The summed E-state index contributed by atoms with van der Waals surface area (Å²) in [6.07, 6.45) is 3.01. The Bertz CT molecular complexity index is 659. The molecule has 1 aromatic carbocycles. The molecule has 1 saturated heterocycles. The van der Waals surface area contributed by atoms with Crippen LogP contribution in [0, 0.1) is 5.82 Å². The van der Waals surface area contributed by atoms with E-state index in [1.807, 2.05) is 27.7 Å². The minimum atomic E-state index is -0.596. The monoisotopic (exact) mass is 274 g/mol. The Hall–Kier alpha value is -1.53. The molecule has 1 fully saturated rings. The number of benzene rings is 1. The van der Waals surface area contributed by atoms with Crippen LogP contribution < -0.4 is 5.46 Å². The van der Waals surface area contributed by atoms with E-state index in [-0.39, 0.29) is 5.52 Å². The number of hydrogen-bond acceptors (Lipinski definition) is 4. The average Bonchev–Trinajstić information content (AvgIpc) is 2.58. The van der Waals surface area contributed by atoms with E-state index in [1.54, 1.807) is 6.07 Å². The molecule has 2 heterocycles. The van der Waals surface area contributed by atoms with Crippen LogP contribution in [-0.2, 0) is 9.31 Å². The summed E-state index contributed by atoms with van der Waals surface area (Å²) in [6, 6.07) is 3.16. The van der Waals surface area contributed by atoms with Gasteiger partial charge in [-0.3, -0.25) is 4.98 Å². The third-order valence-electron chi connectivity index (χ3n) is 4.07. The minimum Gasteiger partial charge on any atom is -0.399 e. The highest BCUT2D eigenvalue weighted by atomic mass is 19.1. The standard InChI is InChI=1S/C14H16BFN2O2/c1-13(2)14(3,4)20-15(19-13)9-7-10(16)12-11(8-9)17-5-6-18-12/h5-8H,1-4H3. The maximum Gasteiger partial charge on any atom is 0.495 e. The van der Waals surface area contributed by atoms with E-state index in [0.29, 0.717) is 11.0 Å². The summed E-state index contributed by atoms with van der Waals surface area (Å²) in [5, 5.41) is 0. The third-order valence-corrected chi connectivity index (χ3v) is 4.07. The maximum absolute atomic E-state index is 14.1. The SMILES string of the molecule is CC1(C)OB(c2cc(F)c3nccnc3c2)OC1(C)C. The molecular weight excluding hydrogens is 258 g/mol. The second-order valence-corrected chi connectivity index (χ2v) is 6.02. The molecule has 104 valence electrons. The molecule has 0 atom stereocenters. The molecule has 1 aliphatic heterocycles. The highest BCUT2D eigenvalue weighted by Crippen LogP contribution is 2.36. The third kappa shape index (κ3) is 1.99. The van der Waals surface area contributed by atoms with Gasteiger partial charge >= 0.3 is 7.12 Å². The molecule has 6 heteroatoms. The van der Waals surface area contributed by atoms with E-state index >= 15 is 0 Å². The van der Waals surface area contributed by atoms with E-state index in [2.05, 4.69) is 9.97 Å². The second-order valence-electron chi connectivity index (χ2n) is 6.02. The van der Waals surface area contributed by atoms with Gasteiger partial charge in [0, 0.05) is 12.4 Å². The van der Waals surface area contributed by atoms with Crippen molar-refractivity contribution in [2.24, 2.45) is 0 Å². The molecule has 0 saturated carbocycles. The Labute approximate surface area is 117 Å². The number of rotatable bonds is 1. The highest BCUT2D eigenvalue weighted by molar-refractivity contribution is 6.62. The first-order chi connectivity index (χ1) is 9.30. The van der Waals surface area contributed by atoms with Gasteiger partial charge in [-0.25, -0.2) is 9.37 Å². The zero-order chi connectivity index (χ0) is 14.5. The lowest BCUT2D eigenvalue weighted by Crippen LogP contribution is -2.41. The Morgan fingerprint density at radius 2 is 1.60 bits per heavy atom. The van der Waals surface area contributed by atoms with Gasteiger partial charge in [0.15, 0.2) is 5.82 Å². The number of halogens is 1. The van der Waals surface area contributed by atoms with Gasteiger partial charge in [-0.15, -0.1) is 0 Å². The molecule has 0 amide bonds. The summed E-state index contributed by atoms with van der Waals surface area (Å²) in [5.74, 6) is -0.416. The van der Waals surface area contributed by atoms with E-state index in [9.17, 15) is 4.39 Å². The fraction of sp³-hybridized carbons (Fsp3) is 0.429. The quantitative estimate of drug-likeness (QED) is 0.747. The summed E-state index contributed by atoms with van der Waals surface area (Å²) in [5.41, 5.74) is 0.468. The Morgan fingerprint density at radius 3 is 2.25 bits per heavy atom. The lowest BCUT2D eigenvalue weighted by Gasteiger charge is -2.32. The van der Waals surface area contributed by atoms with Crippen molar-refractivity contribution in [2.45, 2.75) is 38.9 Å². The molecule has 20 heavy (non-hydrogen) atoms. The Morgan fingerprint density at radius 1 is 1.00 bits per heavy atom. The molecule has 2 aromatic rings. The van der Waals surface area contributed by atoms with Crippen molar-refractivity contribution < 1.29 is 13.7 Å². The van der Waals surface area contributed by atoms with E-state index in [4.69, 9.17) is 9.31 Å². The van der Waals surface area contributed by atoms with Gasteiger partial charge in [0.2, 0.25) is 0 Å². The van der Waals surface area contributed by atoms with Gasteiger partial charge in [-0.05, 0) is 45.3 Å². The summed E-state index contributed by atoms with van der Waals surface area (Å²) in [6.45, 7) is 7.85. The molecule has 1 aliphatic rings. The van der Waals surface area contributed by atoms with Crippen molar-refractivity contribution in [2.75, 3.05) is 0 Å². The molecule has 4 nitrogen and oxygen atoms in total. The molecule has 0 aliphatic carbocycles. The first kappa shape index (κ1) is 13.5. The van der Waals surface area contributed by atoms with Crippen LogP contribution in [-0.4, -0.2) is 28.3 Å². The number of fused-ring (bicyclic) bond motifs is 1. The van der Waals surface area contributed by atoms with E-state index in [0.717, 1.165) is 0 Å². The topological polar surface area (TPSA) is 44.2 Å². The predicted octanol–water partition coefficient (Wildman–Crippen LogP) is 2.07. The van der Waals surface area contributed by atoms with Crippen LogP contribution in [0.1, 0.15) is 27.7 Å². The van der Waals surface area contributed by atoms with Crippen LogP contribution in [0.2, 0.25) is 0 Å². The van der Waals surface area contributed by atoms with E-state index < -0.39 is 24.1 Å². The normalized spacial score (nSPS) is 20.6. The van der Waals surface area contributed by atoms with Gasteiger partial charge < -0.3 is 9.31 Å². The first-order valence-corrected chi connectivity index (χ1v) is 6.56. The van der Waals surface area contributed by atoms with Crippen molar-refractivity contribution in [3.8, 4) is 0 Å². The van der Waals surface area contributed by atoms with Crippen LogP contribution in [0.4, 0.5) is 4.39 Å². The summed E-state index contributed by atoms with van der Waals surface area (Å²) < 4.78 is 25.9. The van der Waals surface area contributed by atoms with Crippen LogP contribution in [0.25, 0.3) is 11.0 Å². The van der Waals surface area contributed by atoms with Crippen molar-refractivity contribution in [1.82, 2.24) is 9.97 Å². The zero-order valence-corrected chi connectivity index (χ0v) is 12.0. The number of aromatic nitrogens is 2. The summed E-state index contributed by atoms with van der Waals surface area (Å²) in [4.78, 5) is 8.12. The fourth-order valence-electron chi connectivity index (χ4n) is 2.17. The van der Waals surface area contributed by atoms with Crippen molar-refractivity contribution in [3.05, 3.63) is 30.3 Å². The minimum absolute atomic E-state index is 0.257. The molecule has 0 bridgehead atoms. The van der Waals surface area contributed by atoms with E-state index in [1.165, 1.54) is 18.5 Å². The predicted molar refractivity (Wildman–Crippen MR) is 75.2 cm³/mol. The number of nitrogens with zero attached hydrogens (tertiary/aromatic N) is 2. The second kappa shape index (κ2) is 4.23. The Balaban J connectivity index is 2.04. The summed E-state index contributed by atoms with van der Waals surface area (Å²) >= 11 is 0. The summed E-state index contributed by atoms with van der Waals surface area (Å²) in [7, 11) is -0.596. The Kier molecular flexibility index (Phi) is 2.85. The smallest absolute Gasteiger partial charge is 0.399 e. The molecular formula is C14H16BFN2O2. The van der Waals surface area contributed by atoms with Gasteiger partial charge in [-0.2, -0.15) is 0 Å². The molecule has 0 N–H and O–H groups in total. The van der Waals surface area contributed by atoms with Gasteiger partial charge in [-0.1, -0.05) is 0 Å². The molecule has 1 aromatic heterocycles. The van der Waals surface area contributed by atoms with Crippen LogP contribution in [0.3, 0.4) is 0 Å². The van der Waals surface area contributed by atoms with Gasteiger partial charge in [0.1, 0.15) is 5.52 Å². The molecule has 3 rings (SSSR count). The van der Waals surface area contributed by atoms with Gasteiger partial charge in [0.25, 0.3) is 0 Å². The van der Waals surface area contributed by atoms with Gasteiger partial charge in [0.05, 0.1) is 16.7 Å². The lowest BCUT2D eigenvalue weighted by atomic mass is 9.79. The zero-order valence-electron chi connectivity index (χ0n) is 12.0. The first-order valence-electron chi connectivity index (χ1n) is 6.56. The molecule has 0 radical (unpaired) electrons. The number of hydrogen-bond donors (Lipinski definition) is 0. The van der Waals surface area contributed by atoms with Crippen molar-refractivity contribution in [3.63, 3.8) is 0 Å². The molecule has 0 unspecified atom stereocenters. The van der Waals surface area contributed by atoms with Crippen LogP contribution in [0.15, 0.2) is 24.5 Å². The maximum atomic E-state index is 14.1. The van der Waals surface area contributed by atoms with Crippen molar-refractivity contribution in [1.29, 1.82) is 0 Å². The average molecular weight is 274 g/mol. The largest absolute Gasteiger partial charge is 0.495 e.